The predicted molar refractivity (Wildman–Crippen MR) is 124 cm³/mol. The zero-order valence-electron chi connectivity index (χ0n) is 17.6. The lowest BCUT2D eigenvalue weighted by Gasteiger charge is -2.23. The lowest BCUT2D eigenvalue weighted by Crippen LogP contribution is -3.11. The summed E-state index contributed by atoms with van der Waals surface area (Å²) in [5, 5.41) is 2.86. The smallest absolute Gasteiger partial charge is 0.230 e. The molecule has 2 aromatic carbocycles. The molecule has 1 amide bonds. The van der Waals surface area contributed by atoms with Crippen LogP contribution in [0.5, 0.6) is 0 Å². The molecule has 0 saturated carbocycles. The summed E-state index contributed by atoms with van der Waals surface area (Å²) in [7, 11) is 0. The van der Waals surface area contributed by atoms with Gasteiger partial charge in [0.15, 0.2) is 5.13 Å². The third-order valence-electron chi connectivity index (χ3n) is 5.62. The highest BCUT2D eigenvalue weighted by atomic mass is 32.1. The molecule has 3 aromatic rings. The average Bonchev–Trinajstić information content (AvgIpc) is 3.23. The van der Waals surface area contributed by atoms with E-state index in [-0.39, 0.29) is 5.91 Å². The summed E-state index contributed by atoms with van der Waals surface area (Å²) < 4.78 is 0. The number of nitrogens with zero attached hydrogens (tertiary/aromatic N) is 2. The summed E-state index contributed by atoms with van der Waals surface area (Å²) in [6, 6.07) is 18.7. The molecule has 30 heavy (non-hydrogen) atoms. The van der Waals surface area contributed by atoms with E-state index in [1.807, 2.05) is 18.2 Å². The fourth-order valence-corrected chi connectivity index (χ4v) is 4.91. The van der Waals surface area contributed by atoms with E-state index in [1.54, 1.807) is 23.2 Å². The Morgan fingerprint density at radius 3 is 2.60 bits per heavy atom. The highest BCUT2D eigenvalue weighted by Crippen LogP contribution is 2.31. The van der Waals surface area contributed by atoms with Gasteiger partial charge in [-0.25, -0.2) is 4.98 Å². The molecule has 0 aliphatic carbocycles. The molecule has 4 nitrogen and oxygen atoms in total. The molecule has 1 N–H and O–H groups in total. The fraction of sp³-hybridized carbons (Fsp3) is 0.280. The van der Waals surface area contributed by atoms with Gasteiger partial charge in [0.05, 0.1) is 18.8 Å². The van der Waals surface area contributed by atoms with Gasteiger partial charge >= 0.3 is 0 Å². The van der Waals surface area contributed by atoms with Crippen molar-refractivity contribution < 1.29 is 9.69 Å². The number of carbonyl (C=O) groups excluding carboxylic acids is 1. The van der Waals surface area contributed by atoms with Gasteiger partial charge < -0.3 is 4.90 Å². The Kier molecular flexibility index (Phi) is 6.41. The van der Waals surface area contributed by atoms with Crippen molar-refractivity contribution in [3.63, 3.8) is 0 Å². The van der Waals surface area contributed by atoms with E-state index in [2.05, 4.69) is 54.8 Å². The minimum Gasteiger partial charge on any atom is -0.326 e. The van der Waals surface area contributed by atoms with Crippen molar-refractivity contribution in [1.82, 2.24) is 4.98 Å². The summed E-state index contributed by atoms with van der Waals surface area (Å²) in [5.74, 6) is -0.00226. The first-order chi connectivity index (χ1) is 14.7. The molecular formula is C25H28N3OS+. The summed E-state index contributed by atoms with van der Waals surface area (Å²) in [6.45, 7) is 6.71. The lowest BCUT2D eigenvalue weighted by molar-refractivity contribution is -0.909. The number of carbonyl (C=O) groups is 1. The lowest BCUT2D eigenvalue weighted by atomic mass is 9.99. The second kappa shape index (κ2) is 9.37. The maximum absolute atomic E-state index is 12.5. The number of nitrogens with one attached hydrogen (secondary N) is 1. The van der Waals surface area contributed by atoms with Crippen LogP contribution in [0.2, 0.25) is 0 Å². The third kappa shape index (κ3) is 4.53. The SMILES string of the molecule is CCc1ccccc1N(C(C)=O)c1nc(C[NH+]2CC=C(c3ccccc3)CC2)cs1. The monoisotopic (exact) mass is 418 g/mol. The zero-order chi connectivity index (χ0) is 20.9. The van der Waals surface area contributed by atoms with Crippen LogP contribution in [0, 0.1) is 0 Å². The predicted octanol–water partition coefficient (Wildman–Crippen LogP) is 4.26. The highest BCUT2D eigenvalue weighted by molar-refractivity contribution is 7.14. The van der Waals surface area contributed by atoms with Crippen LogP contribution in [0.15, 0.2) is 66.1 Å². The number of benzene rings is 2. The van der Waals surface area contributed by atoms with Crippen LogP contribution in [-0.2, 0) is 17.8 Å². The van der Waals surface area contributed by atoms with E-state index in [4.69, 9.17) is 4.98 Å². The first-order valence-corrected chi connectivity index (χ1v) is 11.4. The first-order valence-electron chi connectivity index (χ1n) is 10.6. The second-order valence-electron chi connectivity index (χ2n) is 7.68. The molecule has 5 heteroatoms. The zero-order valence-corrected chi connectivity index (χ0v) is 18.4. The number of aryl methyl sites for hydroxylation is 1. The van der Waals surface area contributed by atoms with Gasteiger partial charge in [0.25, 0.3) is 0 Å². The number of para-hydroxylation sites is 1. The van der Waals surface area contributed by atoms with Gasteiger partial charge in [-0.15, -0.1) is 11.3 Å². The number of aromatic nitrogens is 1. The molecule has 1 atom stereocenters. The fourth-order valence-electron chi connectivity index (χ4n) is 4.03. The molecule has 0 radical (unpaired) electrons. The molecule has 4 rings (SSSR count). The minimum atomic E-state index is -0.00226. The Bertz CT molecular complexity index is 1040. The van der Waals surface area contributed by atoms with Crippen LogP contribution in [0.4, 0.5) is 10.8 Å². The topological polar surface area (TPSA) is 37.6 Å². The summed E-state index contributed by atoms with van der Waals surface area (Å²) in [5.41, 5.74) is 5.93. The van der Waals surface area contributed by atoms with E-state index >= 15 is 0 Å². The largest absolute Gasteiger partial charge is 0.326 e. The molecule has 1 aromatic heterocycles. The van der Waals surface area contributed by atoms with Crippen molar-refractivity contribution in [2.75, 3.05) is 18.0 Å². The van der Waals surface area contributed by atoms with Gasteiger partial charge in [0.2, 0.25) is 5.91 Å². The molecule has 0 fully saturated rings. The number of thiazole rings is 1. The van der Waals surface area contributed by atoms with Gasteiger partial charge in [-0.1, -0.05) is 55.5 Å². The van der Waals surface area contributed by atoms with Crippen molar-refractivity contribution >= 4 is 33.6 Å². The second-order valence-corrected chi connectivity index (χ2v) is 8.52. The Labute approximate surface area is 182 Å². The van der Waals surface area contributed by atoms with E-state index in [0.717, 1.165) is 54.6 Å². The van der Waals surface area contributed by atoms with Gasteiger partial charge in [-0.2, -0.15) is 0 Å². The number of hydrogen-bond acceptors (Lipinski definition) is 3. The number of rotatable bonds is 6. The van der Waals surface area contributed by atoms with Crippen molar-refractivity contribution in [3.8, 4) is 0 Å². The van der Waals surface area contributed by atoms with Crippen LogP contribution in [0.1, 0.15) is 37.1 Å². The number of quaternary nitrogens is 1. The van der Waals surface area contributed by atoms with E-state index in [1.165, 1.54) is 16.0 Å². The Morgan fingerprint density at radius 2 is 1.90 bits per heavy atom. The van der Waals surface area contributed by atoms with Gasteiger partial charge in [-0.3, -0.25) is 9.69 Å². The molecule has 0 bridgehead atoms. The van der Waals surface area contributed by atoms with Gasteiger partial charge in [0.1, 0.15) is 12.2 Å². The summed E-state index contributed by atoms with van der Waals surface area (Å²) in [4.78, 5) is 20.6. The minimum absolute atomic E-state index is 0.00226. The molecule has 2 heterocycles. The highest BCUT2D eigenvalue weighted by Gasteiger charge is 2.22. The van der Waals surface area contributed by atoms with Crippen LogP contribution >= 0.6 is 11.3 Å². The van der Waals surface area contributed by atoms with E-state index in [9.17, 15) is 4.79 Å². The van der Waals surface area contributed by atoms with E-state index < -0.39 is 0 Å². The molecule has 0 spiro atoms. The molecule has 1 aliphatic rings. The van der Waals surface area contributed by atoms with Crippen LogP contribution in [0.25, 0.3) is 5.57 Å². The molecule has 1 unspecified atom stereocenters. The molecular weight excluding hydrogens is 390 g/mol. The number of amides is 1. The Balaban J connectivity index is 1.47. The number of anilines is 2. The van der Waals surface area contributed by atoms with Crippen molar-refractivity contribution in [3.05, 3.63) is 82.9 Å². The average molecular weight is 419 g/mol. The maximum Gasteiger partial charge on any atom is 0.230 e. The van der Waals surface area contributed by atoms with Gasteiger partial charge in [-0.05, 0) is 35.3 Å². The van der Waals surface area contributed by atoms with Crippen molar-refractivity contribution in [2.45, 2.75) is 33.2 Å². The van der Waals surface area contributed by atoms with Crippen LogP contribution in [-0.4, -0.2) is 24.0 Å². The van der Waals surface area contributed by atoms with Crippen molar-refractivity contribution in [2.24, 2.45) is 0 Å². The third-order valence-corrected chi connectivity index (χ3v) is 6.49. The molecule has 154 valence electrons. The normalized spacial score (nSPS) is 16.2. The maximum atomic E-state index is 12.5. The molecule has 0 saturated heterocycles. The first kappa shape index (κ1) is 20.5. The summed E-state index contributed by atoms with van der Waals surface area (Å²) in [6.07, 6.45) is 4.33. The van der Waals surface area contributed by atoms with Crippen LogP contribution in [0.3, 0.4) is 0 Å². The van der Waals surface area contributed by atoms with Crippen LogP contribution < -0.4 is 9.80 Å². The Hall–Kier alpha value is -2.76. The summed E-state index contributed by atoms with van der Waals surface area (Å²) >= 11 is 1.55. The van der Waals surface area contributed by atoms with Crippen molar-refractivity contribution in [1.29, 1.82) is 0 Å². The quantitative estimate of drug-likeness (QED) is 0.649. The van der Waals surface area contributed by atoms with Gasteiger partial charge in [0, 0.05) is 18.7 Å². The standard InChI is InChI=1S/C25H27N3OS/c1-3-20-9-7-8-12-24(20)28(19(2)29)25-26-23(18-30-25)17-27-15-13-22(14-16-27)21-10-5-4-6-11-21/h4-13,18H,3,14-17H2,1-2H3/p+1. The Morgan fingerprint density at radius 1 is 1.13 bits per heavy atom. The van der Waals surface area contributed by atoms with E-state index in [0.29, 0.717) is 0 Å². The molecule has 1 aliphatic heterocycles. The number of hydrogen-bond donors (Lipinski definition) is 1.